The van der Waals surface area contributed by atoms with Crippen LogP contribution >= 0.6 is 37.7 Å². The van der Waals surface area contributed by atoms with E-state index in [0.717, 1.165) is 19.3 Å². The first-order chi connectivity index (χ1) is 11.7. The van der Waals surface area contributed by atoms with Crippen LogP contribution in [0.5, 0.6) is 0 Å². The van der Waals surface area contributed by atoms with Crippen LogP contribution in [0.25, 0.3) is 0 Å². The van der Waals surface area contributed by atoms with E-state index in [-0.39, 0.29) is 6.42 Å². The van der Waals surface area contributed by atoms with E-state index in [1.165, 1.54) is 77.0 Å². The van der Waals surface area contributed by atoms with E-state index in [1.807, 2.05) is 0 Å². The Morgan fingerprint density at radius 1 is 0.640 bits per heavy atom. The number of halogens is 4. The van der Waals surface area contributed by atoms with Gasteiger partial charge in [-0.15, -0.1) is 0 Å². The molecule has 0 aliphatic rings. The first kappa shape index (κ1) is 26.3. The zero-order valence-corrected chi connectivity index (χ0v) is 20.6. The van der Waals surface area contributed by atoms with Crippen molar-refractivity contribution in [2.24, 2.45) is 0 Å². The average Bonchev–Trinajstić information content (AvgIpc) is 2.48. The summed E-state index contributed by atoms with van der Waals surface area (Å²) in [7, 11) is 22.4. The van der Waals surface area contributed by atoms with Gasteiger partial charge in [-0.25, -0.2) is 0 Å². The van der Waals surface area contributed by atoms with Crippen molar-refractivity contribution in [1.82, 2.24) is 0 Å². The second-order valence-electron chi connectivity index (χ2n) is 6.76. The van der Waals surface area contributed by atoms with Crippen LogP contribution in [0.3, 0.4) is 0 Å². The fourth-order valence-corrected chi connectivity index (χ4v) is 5.38. The summed E-state index contributed by atoms with van der Waals surface area (Å²) in [5.74, 6) is -0.498. The molecule has 0 N–H and O–H groups in total. The van der Waals surface area contributed by atoms with E-state index in [1.54, 1.807) is 0 Å². The van der Waals surface area contributed by atoms with Crippen molar-refractivity contribution < 1.29 is 19.2 Å². The molecule has 0 aromatic heterocycles. The van der Waals surface area contributed by atoms with Gasteiger partial charge >= 0.3 is 127 Å². The number of carbonyl (C=O) groups excluding carboxylic acids is 1. The van der Waals surface area contributed by atoms with Crippen LogP contribution in [0.2, 0.25) is 0 Å². The standard InChI is InChI=1S/C18H36O2.4ClH.Mo/c1-2-3-4-5-6-7-8-9-10-11-12-13-14-15-16-17-18(19)20;;;;;/h2-17H2,1H3,(H,19,20);4*1H;/q;;;;;+5/p-5. The summed E-state index contributed by atoms with van der Waals surface area (Å²) in [6.45, 7) is 2.26. The van der Waals surface area contributed by atoms with E-state index in [9.17, 15) is 4.79 Å². The predicted octanol–water partition coefficient (Wildman–Crippen LogP) is 9.01. The molecular formula is C18H35Cl4MoO2. The van der Waals surface area contributed by atoms with Gasteiger partial charge in [0.05, 0.1) is 0 Å². The molecule has 0 aromatic rings. The van der Waals surface area contributed by atoms with Crippen molar-refractivity contribution in [2.45, 2.75) is 110 Å². The molecule has 0 unspecified atom stereocenters. The van der Waals surface area contributed by atoms with Gasteiger partial charge in [0.1, 0.15) is 0 Å². The Kier molecular flexibility index (Phi) is 16.1. The van der Waals surface area contributed by atoms with Crippen molar-refractivity contribution in [1.29, 1.82) is 0 Å². The number of rotatable bonds is 17. The molecule has 0 saturated carbocycles. The molecule has 0 heterocycles. The van der Waals surface area contributed by atoms with Gasteiger partial charge < -0.3 is 0 Å². The maximum absolute atomic E-state index is 11.5. The SMILES string of the molecule is CCCCCCCCCCCCCCCCCC(=O)[O][Mo]([Cl])([Cl])([Cl])[Cl]. The third-order valence-corrected chi connectivity index (χ3v) is 6.77. The molecule has 0 spiro atoms. The van der Waals surface area contributed by atoms with Gasteiger partial charge in [-0.1, -0.05) is 45.4 Å². The normalized spacial score (nSPS) is 13.4. The summed E-state index contributed by atoms with van der Waals surface area (Å²) in [4.78, 5) is 11.5. The zero-order valence-electron chi connectivity index (χ0n) is 15.6. The quantitative estimate of drug-likeness (QED) is 0.141. The monoisotopic (exact) mass is 521 g/mol. The fourth-order valence-electron chi connectivity index (χ4n) is 2.82. The van der Waals surface area contributed by atoms with Crippen molar-refractivity contribution in [3.8, 4) is 0 Å². The molecule has 0 radical (unpaired) electrons. The first-order valence-electron chi connectivity index (χ1n) is 9.75. The van der Waals surface area contributed by atoms with Crippen LogP contribution in [0.4, 0.5) is 0 Å². The molecule has 7 heteroatoms. The second kappa shape index (κ2) is 15.3. The minimum absolute atomic E-state index is 0.275. The van der Waals surface area contributed by atoms with Gasteiger partial charge in [-0.3, -0.25) is 0 Å². The van der Waals surface area contributed by atoms with E-state index in [4.69, 9.17) is 41.1 Å². The fraction of sp³-hybridized carbons (Fsp3) is 0.944. The molecule has 0 amide bonds. The van der Waals surface area contributed by atoms with Gasteiger partial charge in [0.15, 0.2) is 0 Å². The summed E-state index contributed by atoms with van der Waals surface area (Å²) in [6.07, 6.45) is 19.5. The number of unbranched alkanes of at least 4 members (excludes halogenated alkanes) is 14. The van der Waals surface area contributed by atoms with E-state index < -0.39 is 17.0 Å². The van der Waals surface area contributed by atoms with Gasteiger partial charge in [0, 0.05) is 0 Å². The number of hydrogen-bond acceptors (Lipinski definition) is 2. The Bertz CT molecular complexity index is 336. The molecule has 153 valence electrons. The van der Waals surface area contributed by atoms with Crippen LogP contribution in [-0.4, -0.2) is 5.97 Å². The Balaban J connectivity index is 3.23. The molecule has 0 saturated heterocycles. The molecule has 0 bridgehead atoms. The van der Waals surface area contributed by atoms with Crippen LogP contribution in [-0.2, 0) is 19.2 Å². The van der Waals surface area contributed by atoms with E-state index in [0.29, 0.717) is 0 Å². The summed E-state index contributed by atoms with van der Waals surface area (Å²) in [5.41, 5.74) is 0. The Hall–Kier alpha value is 1.32. The average molecular weight is 521 g/mol. The summed E-state index contributed by atoms with van der Waals surface area (Å²) < 4.78 is 4.76. The molecule has 0 atom stereocenters. The predicted molar refractivity (Wildman–Crippen MR) is 109 cm³/mol. The molecule has 25 heavy (non-hydrogen) atoms. The first-order valence-corrected chi connectivity index (χ1v) is 20.9. The third kappa shape index (κ3) is 23.3. The Labute approximate surface area is 171 Å². The summed E-state index contributed by atoms with van der Waals surface area (Å²) >= 11 is -4.92. The molecule has 0 rings (SSSR count). The van der Waals surface area contributed by atoms with E-state index in [2.05, 4.69) is 6.92 Å². The molecule has 0 aromatic carbocycles. The number of carbonyl (C=O) groups is 1. The molecule has 2 nitrogen and oxygen atoms in total. The zero-order chi connectivity index (χ0) is 19.0. The number of hydrogen-bond donors (Lipinski definition) is 0. The van der Waals surface area contributed by atoms with Crippen molar-refractivity contribution in [2.75, 3.05) is 0 Å². The molecule has 0 fully saturated rings. The topological polar surface area (TPSA) is 26.3 Å². The summed E-state index contributed by atoms with van der Waals surface area (Å²) in [5, 5.41) is 0. The molecule has 0 aliphatic carbocycles. The van der Waals surface area contributed by atoms with Crippen molar-refractivity contribution in [3.05, 3.63) is 0 Å². The third-order valence-electron chi connectivity index (χ3n) is 4.20. The van der Waals surface area contributed by atoms with Crippen molar-refractivity contribution >= 4 is 43.6 Å². The Morgan fingerprint density at radius 2 is 0.960 bits per heavy atom. The summed E-state index contributed by atoms with van der Waals surface area (Å²) in [6, 6.07) is 0. The second-order valence-corrected chi connectivity index (χ2v) is 29.7. The minimum atomic E-state index is -4.92. The molecular weight excluding hydrogens is 486 g/mol. The van der Waals surface area contributed by atoms with Gasteiger partial charge in [0.25, 0.3) is 0 Å². The maximum atomic E-state index is 11.5. The van der Waals surface area contributed by atoms with Crippen LogP contribution in [0.1, 0.15) is 110 Å². The van der Waals surface area contributed by atoms with Crippen LogP contribution < -0.4 is 0 Å². The molecule has 0 aliphatic heterocycles. The van der Waals surface area contributed by atoms with Crippen LogP contribution in [0.15, 0.2) is 0 Å². The van der Waals surface area contributed by atoms with Gasteiger partial charge in [-0.2, -0.15) is 0 Å². The Morgan fingerprint density at radius 3 is 1.28 bits per heavy atom. The van der Waals surface area contributed by atoms with Gasteiger partial charge in [-0.05, 0) is 0 Å². The van der Waals surface area contributed by atoms with Crippen molar-refractivity contribution in [3.63, 3.8) is 0 Å². The van der Waals surface area contributed by atoms with E-state index >= 15 is 0 Å². The van der Waals surface area contributed by atoms with Crippen LogP contribution in [0, 0.1) is 0 Å². The van der Waals surface area contributed by atoms with Gasteiger partial charge in [0.2, 0.25) is 0 Å².